The van der Waals surface area contributed by atoms with E-state index in [2.05, 4.69) is 17.4 Å². The number of Topliss-reactive ketones (excluding diaryl/α,β-unsaturated/α-hetero) is 2. The molecular formula is C21H21NO4. The Balaban J connectivity index is 1.71. The summed E-state index contributed by atoms with van der Waals surface area (Å²) in [6.07, 6.45) is -0.715. The summed E-state index contributed by atoms with van der Waals surface area (Å²) in [4.78, 5) is 34.9. The van der Waals surface area contributed by atoms with Crippen molar-refractivity contribution in [3.63, 3.8) is 0 Å². The first-order valence-electron chi connectivity index (χ1n) is 8.58. The van der Waals surface area contributed by atoms with Crippen LogP contribution in [0.25, 0.3) is 11.1 Å². The summed E-state index contributed by atoms with van der Waals surface area (Å²) >= 11 is 0. The topological polar surface area (TPSA) is 72.5 Å². The van der Waals surface area contributed by atoms with E-state index in [4.69, 9.17) is 4.74 Å². The fraction of sp³-hybridized carbons (Fsp3) is 0.286. The number of fused-ring (bicyclic) bond motifs is 3. The Morgan fingerprint density at radius 1 is 0.962 bits per heavy atom. The molecule has 0 aliphatic heterocycles. The van der Waals surface area contributed by atoms with Crippen molar-refractivity contribution in [1.82, 2.24) is 5.32 Å². The molecule has 1 aliphatic carbocycles. The molecule has 1 aliphatic rings. The molecule has 0 unspecified atom stereocenters. The molecule has 1 N–H and O–H groups in total. The first kappa shape index (κ1) is 17.9. The molecule has 26 heavy (non-hydrogen) atoms. The number of ether oxygens (including phenoxy) is 1. The van der Waals surface area contributed by atoms with Crippen molar-refractivity contribution >= 4 is 17.7 Å². The molecule has 2 aromatic carbocycles. The van der Waals surface area contributed by atoms with Gasteiger partial charge in [0.05, 0.1) is 6.04 Å². The number of rotatable bonds is 6. The molecular weight excluding hydrogens is 330 g/mol. The van der Waals surface area contributed by atoms with Crippen LogP contribution in [0.15, 0.2) is 48.5 Å². The lowest BCUT2D eigenvalue weighted by atomic mass is 9.98. The van der Waals surface area contributed by atoms with Crippen molar-refractivity contribution < 1.29 is 19.1 Å². The summed E-state index contributed by atoms with van der Waals surface area (Å²) in [6, 6.07) is 15.3. The van der Waals surface area contributed by atoms with Gasteiger partial charge in [-0.3, -0.25) is 9.59 Å². The van der Waals surface area contributed by atoms with Gasteiger partial charge in [0, 0.05) is 12.3 Å². The quantitative estimate of drug-likeness (QED) is 0.865. The minimum atomic E-state index is -0.844. The lowest BCUT2D eigenvalue weighted by molar-refractivity contribution is -0.123. The number of carbonyl (C=O) groups excluding carboxylic acids is 3. The molecule has 5 nitrogen and oxygen atoms in total. The minimum absolute atomic E-state index is 0.0282. The average Bonchev–Trinajstić information content (AvgIpc) is 2.93. The first-order valence-corrected chi connectivity index (χ1v) is 8.58. The number of nitrogens with one attached hydrogen (secondary N) is 1. The second-order valence-corrected chi connectivity index (χ2v) is 6.54. The Morgan fingerprint density at radius 3 is 2.00 bits per heavy atom. The number of hydrogen-bond donors (Lipinski definition) is 1. The van der Waals surface area contributed by atoms with Crippen molar-refractivity contribution in [2.24, 2.45) is 0 Å². The maximum Gasteiger partial charge on any atom is 0.407 e. The van der Waals surface area contributed by atoms with E-state index in [0.29, 0.717) is 0 Å². The van der Waals surface area contributed by atoms with Gasteiger partial charge in [0.15, 0.2) is 5.78 Å². The standard InChI is InChI=1S/C21H21NO4/c1-13(23)11-20(14(2)24)22-21(25)26-12-19-17-9-5-3-7-15(17)16-8-4-6-10-18(16)19/h3-10,19-20H,11-12H2,1-2H3,(H,22,25)/t20-/m0/s1. The number of alkyl carbamates (subject to hydrolysis) is 1. The number of amides is 1. The maximum atomic E-state index is 12.1. The maximum absolute atomic E-state index is 12.1. The first-order chi connectivity index (χ1) is 12.5. The van der Waals surface area contributed by atoms with E-state index < -0.39 is 12.1 Å². The van der Waals surface area contributed by atoms with Crippen molar-refractivity contribution in [1.29, 1.82) is 0 Å². The van der Waals surface area contributed by atoms with E-state index in [-0.39, 0.29) is 30.5 Å². The highest BCUT2D eigenvalue weighted by Gasteiger charge is 2.29. The molecule has 1 atom stereocenters. The van der Waals surface area contributed by atoms with E-state index in [9.17, 15) is 14.4 Å². The number of hydrogen-bond acceptors (Lipinski definition) is 4. The third kappa shape index (κ3) is 3.67. The zero-order chi connectivity index (χ0) is 18.7. The molecule has 134 valence electrons. The molecule has 0 fully saturated rings. The third-order valence-electron chi connectivity index (χ3n) is 4.62. The molecule has 1 amide bonds. The SMILES string of the molecule is CC(=O)C[C@H](NC(=O)OCC1c2ccccc2-c2ccccc21)C(C)=O. The van der Waals surface area contributed by atoms with Gasteiger partial charge < -0.3 is 10.1 Å². The van der Waals surface area contributed by atoms with E-state index in [1.807, 2.05) is 36.4 Å². The zero-order valence-electron chi connectivity index (χ0n) is 14.8. The molecule has 3 rings (SSSR count). The van der Waals surface area contributed by atoms with Crippen LogP contribution in [0.1, 0.15) is 37.3 Å². The highest BCUT2D eigenvalue weighted by molar-refractivity contribution is 5.90. The van der Waals surface area contributed by atoms with Crippen LogP contribution in [-0.2, 0) is 14.3 Å². The molecule has 0 heterocycles. The summed E-state index contributed by atoms with van der Waals surface area (Å²) in [5, 5.41) is 2.49. The second-order valence-electron chi connectivity index (χ2n) is 6.54. The van der Waals surface area contributed by atoms with Crippen molar-refractivity contribution in [2.45, 2.75) is 32.2 Å². The van der Waals surface area contributed by atoms with E-state index >= 15 is 0 Å². The molecule has 0 saturated heterocycles. The molecule has 0 spiro atoms. The molecule has 0 aromatic heterocycles. The van der Waals surface area contributed by atoms with Crippen LogP contribution >= 0.6 is 0 Å². The van der Waals surface area contributed by atoms with Gasteiger partial charge in [-0.15, -0.1) is 0 Å². The summed E-state index contributed by atoms with van der Waals surface area (Å²) in [6.45, 7) is 2.90. The fourth-order valence-corrected chi connectivity index (χ4v) is 3.37. The Hall–Kier alpha value is -2.95. The lowest BCUT2D eigenvalue weighted by Crippen LogP contribution is -2.41. The van der Waals surface area contributed by atoms with Gasteiger partial charge in [0.2, 0.25) is 0 Å². The summed E-state index contributed by atoms with van der Waals surface area (Å²) in [5.74, 6) is -0.477. The second kappa shape index (κ2) is 7.52. The van der Waals surface area contributed by atoms with Gasteiger partial charge in [-0.05, 0) is 36.1 Å². The van der Waals surface area contributed by atoms with Crippen LogP contribution in [0.3, 0.4) is 0 Å². The van der Waals surface area contributed by atoms with E-state index in [0.717, 1.165) is 22.3 Å². The highest BCUT2D eigenvalue weighted by atomic mass is 16.5. The van der Waals surface area contributed by atoms with Gasteiger partial charge in [-0.1, -0.05) is 48.5 Å². The van der Waals surface area contributed by atoms with Crippen LogP contribution in [0.4, 0.5) is 4.79 Å². The normalized spacial score (nSPS) is 13.5. The molecule has 0 saturated carbocycles. The van der Waals surface area contributed by atoms with Gasteiger partial charge in [-0.25, -0.2) is 4.79 Å². The Morgan fingerprint density at radius 2 is 1.50 bits per heavy atom. The van der Waals surface area contributed by atoms with Crippen LogP contribution in [0.5, 0.6) is 0 Å². The largest absolute Gasteiger partial charge is 0.449 e. The summed E-state index contributed by atoms with van der Waals surface area (Å²) in [5.41, 5.74) is 4.53. The third-order valence-corrected chi connectivity index (χ3v) is 4.62. The van der Waals surface area contributed by atoms with Crippen LogP contribution in [-0.4, -0.2) is 30.3 Å². The van der Waals surface area contributed by atoms with Gasteiger partial charge in [0.1, 0.15) is 12.4 Å². The molecule has 5 heteroatoms. The van der Waals surface area contributed by atoms with Crippen LogP contribution < -0.4 is 5.32 Å². The van der Waals surface area contributed by atoms with Crippen molar-refractivity contribution in [3.8, 4) is 11.1 Å². The van der Waals surface area contributed by atoms with E-state index in [1.165, 1.54) is 13.8 Å². The van der Waals surface area contributed by atoms with Gasteiger partial charge in [0.25, 0.3) is 0 Å². The molecule has 2 aromatic rings. The minimum Gasteiger partial charge on any atom is -0.449 e. The van der Waals surface area contributed by atoms with E-state index in [1.54, 1.807) is 0 Å². The fourth-order valence-electron chi connectivity index (χ4n) is 3.37. The molecule has 0 bridgehead atoms. The average molecular weight is 351 g/mol. The summed E-state index contributed by atoms with van der Waals surface area (Å²) in [7, 11) is 0. The van der Waals surface area contributed by atoms with Gasteiger partial charge in [-0.2, -0.15) is 0 Å². The predicted molar refractivity (Wildman–Crippen MR) is 98.0 cm³/mol. The van der Waals surface area contributed by atoms with Crippen LogP contribution in [0.2, 0.25) is 0 Å². The lowest BCUT2D eigenvalue weighted by Gasteiger charge is -2.17. The zero-order valence-corrected chi connectivity index (χ0v) is 14.8. The smallest absolute Gasteiger partial charge is 0.407 e. The van der Waals surface area contributed by atoms with Crippen molar-refractivity contribution in [3.05, 3.63) is 59.7 Å². The Labute approximate surface area is 152 Å². The van der Waals surface area contributed by atoms with Crippen molar-refractivity contribution in [2.75, 3.05) is 6.61 Å². The number of carbonyl (C=O) groups is 3. The molecule has 0 radical (unpaired) electrons. The van der Waals surface area contributed by atoms with Crippen LogP contribution in [0, 0.1) is 0 Å². The predicted octanol–water partition coefficient (Wildman–Crippen LogP) is 3.46. The van der Waals surface area contributed by atoms with Gasteiger partial charge >= 0.3 is 6.09 Å². The Kier molecular flexibility index (Phi) is 5.16. The monoisotopic (exact) mass is 351 g/mol. The number of ketones is 2. The highest BCUT2D eigenvalue weighted by Crippen LogP contribution is 2.44. The number of benzene rings is 2. The summed E-state index contributed by atoms with van der Waals surface area (Å²) < 4.78 is 5.39. The Bertz CT molecular complexity index is 813.